The molecule has 0 amide bonds. The molecular formula is C11H23NO3. The average molecular weight is 217 g/mol. The molecule has 0 aromatic rings. The minimum Gasteiger partial charge on any atom is -0.380 e. The summed E-state index contributed by atoms with van der Waals surface area (Å²) in [6, 6.07) is 0.156. The summed E-state index contributed by atoms with van der Waals surface area (Å²) in [5.41, 5.74) is 0. The molecule has 0 aromatic heterocycles. The smallest absolute Gasteiger partial charge is 0.171 e. The number of rotatable bonds is 10. The van der Waals surface area contributed by atoms with E-state index in [-0.39, 0.29) is 12.3 Å². The highest BCUT2D eigenvalue weighted by Gasteiger charge is 2.13. The summed E-state index contributed by atoms with van der Waals surface area (Å²) in [5, 5.41) is 3.26. The van der Waals surface area contributed by atoms with Crippen molar-refractivity contribution in [1.29, 1.82) is 0 Å². The van der Waals surface area contributed by atoms with Gasteiger partial charge in [-0.2, -0.15) is 0 Å². The third-order valence-corrected chi connectivity index (χ3v) is 2.05. The van der Waals surface area contributed by atoms with Gasteiger partial charge in [-0.05, 0) is 13.3 Å². The van der Waals surface area contributed by atoms with Crippen LogP contribution < -0.4 is 5.32 Å². The van der Waals surface area contributed by atoms with Gasteiger partial charge in [0.25, 0.3) is 0 Å². The molecule has 0 bridgehead atoms. The Hall–Kier alpha value is -0.420. The van der Waals surface area contributed by atoms with Crippen LogP contribution in [0.4, 0.5) is 0 Å². The van der Waals surface area contributed by atoms with Gasteiger partial charge in [0, 0.05) is 20.8 Å². The molecule has 0 heterocycles. The average Bonchev–Trinajstić information content (AvgIpc) is 2.25. The first-order valence-electron chi connectivity index (χ1n) is 5.23. The van der Waals surface area contributed by atoms with Crippen LogP contribution in [-0.4, -0.2) is 46.3 Å². The Bertz CT molecular complexity index is 149. The van der Waals surface area contributed by atoms with Crippen LogP contribution in [0, 0.1) is 0 Å². The van der Waals surface area contributed by atoms with Crippen LogP contribution in [0.25, 0.3) is 0 Å². The monoisotopic (exact) mass is 217 g/mol. The Labute approximate surface area is 92.6 Å². The van der Waals surface area contributed by atoms with Crippen LogP contribution in [-0.2, 0) is 14.2 Å². The van der Waals surface area contributed by atoms with E-state index >= 15 is 0 Å². The van der Waals surface area contributed by atoms with Gasteiger partial charge in [-0.3, -0.25) is 0 Å². The fourth-order valence-corrected chi connectivity index (χ4v) is 1.23. The van der Waals surface area contributed by atoms with E-state index in [1.807, 2.05) is 13.0 Å². The van der Waals surface area contributed by atoms with Crippen LogP contribution in [0.2, 0.25) is 0 Å². The molecule has 0 rings (SSSR count). The Morgan fingerprint density at radius 3 is 2.47 bits per heavy atom. The highest BCUT2D eigenvalue weighted by molar-refractivity contribution is 4.66. The maximum Gasteiger partial charge on any atom is 0.171 e. The highest BCUT2D eigenvalue weighted by Crippen LogP contribution is 1.97. The van der Waals surface area contributed by atoms with Crippen LogP contribution in [0.3, 0.4) is 0 Å². The molecule has 0 saturated heterocycles. The maximum absolute atomic E-state index is 5.36. The second-order valence-electron chi connectivity index (χ2n) is 3.27. The molecule has 1 N–H and O–H groups in total. The van der Waals surface area contributed by atoms with Crippen molar-refractivity contribution in [2.24, 2.45) is 0 Å². The predicted molar refractivity (Wildman–Crippen MR) is 60.9 cm³/mol. The third kappa shape index (κ3) is 7.50. The zero-order valence-corrected chi connectivity index (χ0v) is 9.99. The van der Waals surface area contributed by atoms with Crippen molar-refractivity contribution in [1.82, 2.24) is 5.32 Å². The molecule has 1 unspecified atom stereocenters. The number of nitrogens with one attached hydrogen (secondary N) is 1. The summed E-state index contributed by atoms with van der Waals surface area (Å²) in [6.07, 6.45) is 2.54. The second-order valence-corrected chi connectivity index (χ2v) is 3.27. The van der Waals surface area contributed by atoms with E-state index in [0.29, 0.717) is 6.61 Å². The lowest BCUT2D eigenvalue weighted by Gasteiger charge is -2.22. The lowest BCUT2D eigenvalue weighted by atomic mass is 10.3. The van der Waals surface area contributed by atoms with Crippen molar-refractivity contribution >= 4 is 0 Å². The van der Waals surface area contributed by atoms with Gasteiger partial charge in [-0.15, -0.1) is 6.58 Å². The predicted octanol–water partition coefficient (Wildman–Crippen LogP) is 1.18. The molecule has 4 heteroatoms. The first-order valence-corrected chi connectivity index (χ1v) is 5.23. The van der Waals surface area contributed by atoms with Crippen LogP contribution in [0.15, 0.2) is 12.7 Å². The van der Waals surface area contributed by atoms with E-state index in [9.17, 15) is 0 Å². The zero-order valence-electron chi connectivity index (χ0n) is 9.99. The minimum absolute atomic E-state index is 0.156. The molecule has 0 aliphatic carbocycles. The zero-order chi connectivity index (χ0) is 11.5. The summed E-state index contributed by atoms with van der Waals surface area (Å²) < 4.78 is 15.6. The van der Waals surface area contributed by atoms with E-state index in [1.165, 1.54) is 0 Å². The summed E-state index contributed by atoms with van der Waals surface area (Å²) >= 11 is 0. The lowest BCUT2D eigenvalue weighted by molar-refractivity contribution is -0.119. The molecule has 0 aliphatic rings. The summed E-state index contributed by atoms with van der Waals surface area (Å²) in [5.74, 6) is 0. The number of ether oxygens (including phenoxy) is 3. The van der Waals surface area contributed by atoms with Gasteiger partial charge in [-0.1, -0.05) is 6.08 Å². The summed E-state index contributed by atoms with van der Waals surface area (Å²) in [6.45, 7) is 7.86. The van der Waals surface area contributed by atoms with Crippen LogP contribution in [0.1, 0.15) is 13.3 Å². The Morgan fingerprint density at radius 1 is 1.27 bits per heavy atom. The molecule has 0 fully saturated rings. The number of hydrogen-bond acceptors (Lipinski definition) is 4. The molecule has 4 nitrogen and oxygen atoms in total. The number of hydrogen-bond donors (Lipinski definition) is 1. The van der Waals surface area contributed by atoms with E-state index < -0.39 is 0 Å². The molecule has 0 saturated carbocycles. The first kappa shape index (κ1) is 14.6. The molecule has 0 aliphatic heterocycles. The SMILES string of the molecule is C=CCCOCCNC(C)C(OC)OC. The Balaban J connectivity index is 3.37. The molecule has 15 heavy (non-hydrogen) atoms. The number of methoxy groups -OCH3 is 2. The van der Waals surface area contributed by atoms with Gasteiger partial charge >= 0.3 is 0 Å². The van der Waals surface area contributed by atoms with Crippen molar-refractivity contribution in [2.75, 3.05) is 34.0 Å². The van der Waals surface area contributed by atoms with Crippen LogP contribution in [0.5, 0.6) is 0 Å². The maximum atomic E-state index is 5.36. The molecule has 0 aromatic carbocycles. The quantitative estimate of drug-likeness (QED) is 0.339. The standard InChI is InChI=1S/C11H23NO3/c1-5-6-8-15-9-7-12-10(2)11(13-3)14-4/h5,10-12H,1,6-9H2,2-4H3. The van der Waals surface area contributed by atoms with Crippen molar-refractivity contribution in [3.8, 4) is 0 Å². The Kier molecular flexibility index (Phi) is 9.83. The van der Waals surface area contributed by atoms with Crippen molar-refractivity contribution in [3.05, 3.63) is 12.7 Å². The Morgan fingerprint density at radius 2 is 1.93 bits per heavy atom. The third-order valence-electron chi connectivity index (χ3n) is 2.05. The molecule has 0 spiro atoms. The fraction of sp³-hybridized carbons (Fsp3) is 0.818. The lowest BCUT2D eigenvalue weighted by Crippen LogP contribution is -2.41. The van der Waals surface area contributed by atoms with Crippen molar-refractivity contribution < 1.29 is 14.2 Å². The van der Waals surface area contributed by atoms with Gasteiger partial charge in [0.1, 0.15) is 0 Å². The second kappa shape index (κ2) is 10.1. The van der Waals surface area contributed by atoms with Crippen LogP contribution >= 0.6 is 0 Å². The van der Waals surface area contributed by atoms with E-state index in [0.717, 1.165) is 19.6 Å². The van der Waals surface area contributed by atoms with Gasteiger partial charge < -0.3 is 19.5 Å². The molecule has 90 valence electrons. The fourth-order valence-electron chi connectivity index (χ4n) is 1.23. The highest BCUT2D eigenvalue weighted by atomic mass is 16.7. The first-order chi connectivity index (χ1) is 7.26. The summed E-state index contributed by atoms with van der Waals surface area (Å²) in [4.78, 5) is 0. The van der Waals surface area contributed by atoms with Gasteiger partial charge in [0.2, 0.25) is 0 Å². The van der Waals surface area contributed by atoms with Gasteiger partial charge in [0.05, 0.1) is 19.3 Å². The normalized spacial score (nSPS) is 13.1. The van der Waals surface area contributed by atoms with E-state index in [2.05, 4.69) is 11.9 Å². The van der Waals surface area contributed by atoms with Gasteiger partial charge in [0.15, 0.2) is 6.29 Å². The van der Waals surface area contributed by atoms with E-state index in [4.69, 9.17) is 14.2 Å². The van der Waals surface area contributed by atoms with Crippen molar-refractivity contribution in [3.63, 3.8) is 0 Å². The summed E-state index contributed by atoms with van der Waals surface area (Å²) in [7, 11) is 3.26. The van der Waals surface area contributed by atoms with Crippen molar-refractivity contribution in [2.45, 2.75) is 25.7 Å². The largest absolute Gasteiger partial charge is 0.380 e. The van der Waals surface area contributed by atoms with Gasteiger partial charge in [-0.25, -0.2) is 0 Å². The topological polar surface area (TPSA) is 39.7 Å². The molecule has 1 atom stereocenters. The molecule has 0 radical (unpaired) electrons. The minimum atomic E-state index is -0.210. The van der Waals surface area contributed by atoms with E-state index in [1.54, 1.807) is 14.2 Å². The molecular weight excluding hydrogens is 194 g/mol.